The predicted molar refractivity (Wildman–Crippen MR) is 99.5 cm³/mol. The van der Waals surface area contributed by atoms with Gasteiger partial charge in [-0.05, 0) is 37.8 Å². The van der Waals surface area contributed by atoms with E-state index in [2.05, 4.69) is 24.8 Å². The number of aromatic nitrogens is 5. The molecule has 0 aliphatic carbocycles. The minimum Gasteiger partial charge on any atom is -0.338 e. The molecule has 3 aliphatic heterocycles. The molecule has 27 heavy (non-hydrogen) atoms. The first-order valence-electron chi connectivity index (χ1n) is 9.33. The molecule has 3 aromatic heterocycles. The Labute approximate surface area is 156 Å². The Morgan fingerprint density at radius 2 is 1.85 bits per heavy atom. The van der Waals surface area contributed by atoms with Gasteiger partial charge in [0.2, 0.25) is 11.7 Å². The van der Waals surface area contributed by atoms with E-state index < -0.39 is 0 Å². The van der Waals surface area contributed by atoms with Crippen LogP contribution >= 0.6 is 0 Å². The lowest BCUT2D eigenvalue weighted by molar-refractivity contribution is 0.0584. The lowest BCUT2D eigenvalue weighted by Crippen LogP contribution is -2.48. The highest BCUT2D eigenvalue weighted by Gasteiger charge is 2.39. The standard InChI is InChI=1S/C19H21N7O/c1-13-16(25-9-3-8-22-19(25)23-13)17(27)26-11-14-4-5-15(26)12-24(10-14)18-20-6-2-7-21-18/h2-3,6-9,14-15H,4-5,10-12H2,1H3. The fourth-order valence-electron chi connectivity index (χ4n) is 4.34. The first-order valence-corrected chi connectivity index (χ1v) is 9.33. The molecule has 6 heterocycles. The summed E-state index contributed by atoms with van der Waals surface area (Å²) in [7, 11) is 0. The summed E-state index contributed by atoms with van der Waals surface area (Å²) in [6.07, 6.45) is 9.23. The van der Waals surface area contributed by atoms with Gasteiger partial charge in [-0.2, -0.15) is 0 Å². The van der Waals surface area contributed by atoms with Gasteiger partial charge in [-0.3, -0.25) is 9.20 Å². The first kappa shape index (κ1) is 16.2. The second kappa shape index (κ2) is 6.29. The molecule has 0 spiro atoms. The van der Waals surface area contributed by atoms with Crippen LogP contribution in [0.25, 0.3) is 5.78 Å². The van der Waals surface area contributed by atoms with E-state index in [4.69, 9.17) is 0 Å². The number of amides is 1. The second-order valence-electron chi connectivity index (χ2n) is 7.34. The number of carbonyl (C=O) groups is 1. The number of fused-ring (bicyclic) bond motifs is 5. The van der Waals surface area contributed by atoms with Gasteiger partial charge in [-0.1, -0.05) is 0 Å². The SMILES string of the molecule is Cc1nc2ncccn2c1C(=O)N1CC2CCC1CN(c1ncccn1)C2. The van der Waals surface area contributed by atoms with E-state index in [9.17, 15) is 4.79 Å². The summed E-state index contributed by atoms with van der Waals surface area (Å²) in [6, 6.07) is 3.81. The monoisotopic (exact) mass is 363 g/mol. The summed E-state index contributed by atoms with van der Waals surface area (Å²) in [6.45, 7) is 4.29. The third kappa shape index (κ3) is 2.72. The van der Waals surface area contributed by atoms with E-state index in [0.29, 0.717) is 17.4 Å². The average molecular weight is 363 g/mol. The van der Waals surface area contributed by atoms with Crippen molar-refractivity contribution in [3.05, 3.63) is 48.3 Å². The van der Waals surface area contributed by atoms with E-state index in [0.717, 1.165) is 44.1 Å². The van der Waals surface area contributed by atoms with Crippen LogP contribution in [0.2, 0.25) is 0 Å². The molecule has 3 aliphatic rings. The molecule has 8 nitrogen and oxygen atoms in total. The van der Waals surface area contributed by atoms with E-state index in [1.807, 2.05) is 30.2 Å². The number of rotatable bonds is 2. The van der Waals surface area contributed by atoms with Crippen LogP contribution in [0, 0.1) is 12.8 Å². The molecule has 138 valence electrons. The number of carbonyl (C=O) groups excluding carboxylic acids is 1. The van der Waals surface area contributed by atoms with Crippen molar-refractivity contribution in [3.63, 3.8) is 0 Å². The Hall–Kier alpha value is -3.03. The van der Waals surface area contributed by atoms with E-state index in [1.165, 1.54) is 0 Å². The molecule has 0 N–H and O–H groups in total. The van der Waals surface area contributed by atoms with Gasteiger partial charge in [0.05, 0.1) is 5.69 Å². The fraction of sp³-hybridized carbons (Fsp3) is 0.421. The molecule has 3 saturated heterocycles. The van der Waals surface area contributed by atoms with Crippen molar-refractivity contribution >= 4 is 17.6 Å². The van der Waals surface area contributed by atoms with Crippen LogP contribution in [0.3, 0.4) is 0 Å². The van der Waals surface area contributed by atoms with Gasteiger partial charge < -0.3 is 9.80 Å². The molecule has 3 fully saturated rings. The molecule has 8 heteroatoms. The summed E-state index contributed by atoms with van der Waals surface area (Å²) in [5, 5.41) is 0. The van der Waals surface area contributed by atoms with Gasteiger partial charge in [0.15, 0.2) is 0 Å². The molecule has 2 unspecified atom stereocenters. The summed E-state index contributed by atoms with van der Waals surface area (Å²) in [5.74, 6) is 1.78. The van der Waals surface area contributed by atoms with Crippen molar-refractivity contribution in [2.75, 3.05) is 24.5 Å². The molecule has 0 radical (unpaired) electrons. The summed E-state index contributed by atoms with van der Waals surface area (Å²) >= 11 is 0. The lowest BCUT2D eigenvalue weighted by atomic mass is 9.94. The normalized spacial score (nSPS) is 22.3. The molecule has 0 aromatic carbocycles. The number of nitrogens with zero attached hydrogens (tertiary/aromatic N) is 7. The highest BCUT2D eigenvalue weighted by atomic mass is 16.2. The van der Waals surface area contributed by atoms with Crippen molar-refractivity contribution in [2.45, 2.75) is 25.8 Å². The topological polar surface area (TPSA) is 79.5 Å². The Morgan fingerprint density at radius 1 is 1.04 bits per heavy atom. The van der Waals surface area contributed by atoms with E-state index in [-0.39, 0.29) is 11.9 Å². The van der Waals surface area contributed by atoms with Crippen LogP contribution in [-0.2, 0) is 0 Å². The number of piperidine rings is 1. The maximum atomic E-state index is 13.5. The smallest absolute Gasteiger partial charge is 0.273 e. The zero-order valence-electron chi connectivity index (χ0n) is 15.2. The van der Waals surface area contributed by atoms with Crippen LogP contribution < -0.4 is 4.90 Å². The predicted octanol–water partition coefficient (Wildman–Crippen LogP) is 1.57. The first-order chi connectivity index (χ1) is 13.2. The number of hydrogen-bond donors (Lipinski definition) is 0. The van der Waals surface area contributed by atoms with Crippen molar-refractivity contribution in [3.8, 4) is 0 Å². The Balaban J connectivity index is 1.47. The van der Waals surface area contributed by atoms with Crippen molar-refractivity contribution in [1.29, 1.82) is 0 Å². The van der Waals surface area contributed by atoms with Crippen LogP contribution in [-0.4, -0.2) is 60.8 Å². The molecular weight excluding hydrogens is 342 g/mol. The van der Waals surface area contributed by atoms with Gasteiger partial charge in [0, 0.05) is 50.5 Å². The average Bonchev–Trinajstić information content (AvgIpc) is 2.84. The van der Waals surface area contributed by atoms with E-state index in [1.54, 1.807) is 23.0 Å². The van der Waals surface area contributed by atoms with Gasteiger partial charge >= 0.3 is 0 Å². The highest BCUT2D eigenvalue weighted by Crippen LogP contribution is 2.31. The number of anilines is 1. The molecule has 3 aromatic rings. The van der Waals surface area contributed by atoms with Crippen LogP contribution in [0.15, 0.2) is 36.9 Å². The van der Waals surface area contributed by atoms with Gasteiger partial charge in [0.1, 0.15) is 5.69 Å². The molecule has 1 amide bonds. The van der Waals surface area contributed by atoms with Gasteiger partial charge in [-0.25, -0.2) is 19.9 Å². The minimum atomic E-state index is 0.0403. The summed E-state index contributed by atoms with van der Waals surface area (Å²) < 4.78 is 1.80. The molecule has 0 saturated carbocycles. The molecular formula is C19H21N7O. The quantitative estimate of drug-likeness (QED) is 0.688. The minimum absolute atomic E-state index is 0.0403. The van der Waals surface area contributed by atoms with E-state index >= 15 is 0 Å². The van der Waals surface area contributed by atoms with Crippen molar-refractivity contribution < 1.29 is 4.79 Å². The van der Waals surface area contributed by atoms with Crippen molar-refractivity contribution in [2.24, 2.45) is 5.92 Å². The largest absolute Gasteiger partial charge is 0.338 e. The summed E-state index contributed by atoms with van der Waals surface area (Å²) in [5.41, 5.74) is 1.34. The maximum Gasteiger partial charge on any atom is 0.273 e. The Morgan fingerprint density at radius 3 is 2.70 bits per heavy atom. The van der Waals surface area contributed by atoms with Crippen LogP contribution in [0.4, 0.5) is 5.95 Å². The van der Waals surface area contributed by atoms with Crippen LogP contribution in [0.1, 0.15) is 29.0 Å². The fourth-order valence-corrected chi connectivity index (χ4v) is 4.34. The number of hydrogen-bond acceptors (Lipinski definition) is 6. The molecule has 2 bridgehead atoms. The number of imidazole rings is 1. The Bertz CT molecular complexity index is 986. The Kier molecular flexibility index (Phi) is 3.77. The third-order valence-electron chi connectivity index (χ3n) is 5.59. The summed E-state index contributed by atoms with van der Waals surface area (Å²) in [4.78, 5) is 35.2. The van der Waals surface area contributed by atoms with Crippen LogP contribution in [0.5, 0.6) is 0 Å². The molecule has 2 atom stereocenters. The zero-order valence-corrected chi connectivity index (χ0v) is 15.2. The highest BCUT2D eigenvalue weighted by molar-refractivity contribution is 5.95. The maximum absolute atomic E-state index is 13.5. The zero-order chi connectivity index (χ0) is 18.4. The molecule has 6 rings (SSSR count). The lowest BCUT2D eigenvalue weighted by Gasteiger charge is -2.36. The van der Waals surface area contributed by atoms with Gasteiger partial charge in [-0.15, -0.1) is 0 Å². The van der Waals surface area contributed by atoms with Crippen molar-refractivity contribution in [1.82, 2.24) is 29.2 Å². The van der Waals surface area contributed by atoms with Gasteiger partial charge in [0.25, 0.3) is 5.91 Å². The second-order valence-corrected chi connectivity index (χ2v) is 7.34. The third-order valence-corrected chi connectivity index (χ3v) is 5.59. The number of aryl methyl sites for hydroxylation is 1.